The van der Waals surface area contributed by atoms with Crippen LogP contribution in [0, 0.1) is 6.92 Å². The van der Waals surface area contributed by atoms with E-state index in [1.165, 1.54) is 11.1 Å². The Morgan fingerprint density at radius 1 is 1.26 bits per heavy atom. The molecule has 1 aromatic heterocycles. The molecule has 0 aliphatic rings. The fourth-order valence-electron chi connectivity index (χ4n) is 1.97. The van der Waals surface area contributed by atoms with Crippen LogP contribution >= 0.6 is 0 Å². The van der Waals surface area contributed by atoms with E-state index in [1.807, 2.05) is 19.1 Å². The number of benzene rings is 1. The van der Waals surface area contributed by atoms with Crippen molar-refractivity contribution >= 4 is 0 Å². The molecule has 0 N–H and O–H groups in total. The zero-order valence-corrected chi connectivity index (χ0v) is 11.8. The van der Waals surface area contributed by atoms with Crippen LogP contribution < -0.4 is 0 Å². The van der Waals surface area contributed by atoms with Gasteiger partial charge in [-0.15, -0.1) is 10.2 Å². The second kappa shape index (κ2) is 6.32. The van der Waals surface area contributed by atoms with Gasteiger partial charge in [0.05, 0.1) is 0 Å². The maximum atomic E-state index is 5.52. The predicted octanol–water partition coefficient (Wildman–Crippen LogP) is 4.33. The first-order chi connectivity index (χ1) is 9.20. The monoisotopic (exact) mass is 256 g/mol. The average molecular weight is 256 g/mol. The lowest BCUT2D eigenvalue weighted by Gasteiger charge is -2.05. The Hall–Kier alpha value is -1.90. The highest BCUT2D eigenvalue weighted by Crippen LogP contribution is 2.23. The normalized spacial score (nSPS) is 11.8. The molecule has 19 heavy (non-hydrogen) atoms. The van der Waals surface area contributed by atoms with E-state index in [2.05, 4.69) is 42.3 Å². The summed E-state index contributed by atoms with van der Waals surface area (Å²) in [4.78, 5) is 0. The third-order valence-electron chi connectivity index (χ3n) is 3.24. The molecule has 2 aromatic rings. The van der Waals surface area contributed by atoms with Crippen LogP contribution in [-0.2, 0) is 6.42 Å². The Morgan fingerprint density at radius 2 is 2.05 bits per heavy atom. The summed E-state index contributed by atoms with van der Waals surface area (Å²) in [6.45, 7) is 6.17. The highest BCUT2D eigenvalue weighted by Gasteiger charge is 2.09. The Balaban J connectivity index is 2.17. The SMILES string of the molecule is CC/C(C)=C/CCc1ccccc1-c1nnc(C)o1. The minimum atomic E-state index is 0.603. The minimum absolute atomic E-state index is 0.603. The largest absolute Gasteiger partial charge is 0.421 e. The van der Waals surface area contributed by atoms with Crippen LogP contribution in [0.5, 0.6) is 0 Å². The van der Waals surface area contributed by atoms with Crippen molar-refractivity contribution in [3.05, 3.63) is 47.4 Å². The van der Waals surface area contributed by atoms with Crippen LogP contribution in [0.2, 0.25) is 0 Å². The molecule has 0 spiro atoms. The number of aryl methyl sites for hydroxylation is 2. The summed E-state index contributed by atoms with van der Waals surface area (Å²) in [5, 5.41) is 8.00. The van der Waals surface area contributed by atoms with E-state index < -0.39 is 0 Å². The van der Waals surface area contributed by atoms with Crippen molar-refractivity contribution in [3.8, 4) is 11.5 Å². The number of hydrogen-bond donors (Lipinski definition) is 0. The van der Waals surface area contributed by atoms with Gasteiger partial charge in [0.2, 0.25) is 11.8 Å². The van der Waals surface area contributed by atoms with E-state index in [0.29, 0.717) is 11.8 Å². The molecule has 2 rings (SSSR count). The van der Waals surface area contributed by atoms with Gasteiger partial charge in [0.25, 0.3) is 0 Å². The van der Waals surface area contributed by atoms with E-state index in [9.17, 15) is 0 Å². The molecular weight excluding hydrogens is 236 g/mol. The molecule has 0 atom stereocenters. The summed E-state index contributed by atoms with van der Waals surface area (Å²) >= 11 is 0. The van der Waals surface area contributed by atoms with Gasteiger partial charge in [-0.2, -0.15) is 0 Å². The van der Waals surface area contributed by atoms with E-state index in [1.54, 1.807) is 0 Å². The average Bonchev–Trinajstić information content (AvgIpc) is 2.85. The molecule has 1 heterocycles. The van der Waals surface area contributed by atoms with Gasteiger partial charge in [-0.3, -0.25) is 0 Å². The second-order valence-electron chi connectivity index (χ2n) is 4.73. The van der Waals surface area contributed by atoms with Gasteiger partial charge >= 0.3 is 0 Å². The van der Waals surface area contributed by atoms with Crippen molar-refractivity contribution in [2.75, 3.05) is 0 Å². The molecule has 0 saturated carbocycles. The lowest BCUT2D eigenvalue weighted by atomic mass is 10.0. The Kier molecular flexibility index (Phi) is 4.50. The minimum Gasteiger partial charge on any atom is -0.421 e. The highest BCUT2D eigenvalue weighted by atomic mass is 16.4. The van der Waals surface area contributed by atoms with Gasteiger partial charge in [0.1, 0.15) is 0 Å². The smallest absolute Gasteiger partial charge is 0.247 e. The fourth-order valence-corrected chi connectivity index (χ4v) is 1.97. The predicted molar refractivity (Wildman–Crippen MR) is 76.8 cm³/mol. The molecule has 0 fully saturated rings. The summed E-state index contributed by atoms with van der Waals surface area (Å²) in [6, 6.07) is 8.23. The van der Waals surface area contributed by atoms with Gasteiger partial charge < -0.3 is 4.42 Å². The summed E-state index contributed by atoms with van der Waals surface area (Å²) < 4.78 is 5.52. The Bertz CT molecular complexity index is 570. The van der Waals surface area contributed by atoms with Crippen molar-refractivity contribution in [2.45, 2.75) is 40.0 Å². The molecule has 0 bridgehead atoms. The van der Waals surface area contributed by atoms with E-state index in [4.69, 9.17) is 4.42 Å². The first-order valence-electron chi connectivity index (χ1n) is 6.74. The molecule has 1 aromatic carbocycles. The zero-order chi connectivity index (χ0) is 13.7. The maximum absolute atomic E-state index is 5.52. The molecule has 3 nitrogen and oxygen atoms in total. The van der Waals surface area contributed by atoms with Crippen molar-refractivity contribution in [2.24, 2.45) is 0 Å². The lowest BCUT2D eigenvalue weighted by Crippen LogP contribution is -1.90. The van der Waals surface area contributed by atoms with E-state index in [0.717, 1.165) is 24.8 Å². The van der Waals surface area contributed by atoms with Crippen LogP contribution in [0.15, 0.2) is 40.3 Å². The molecule has 0 aliphatic heterocycles. The van der Waals surface area contributed by atoms with Crippen molar-refractivity contribution < 1.29 is 4.42 Å². The number of aromatic nitrogens is 2. The molecule has 0 unspecified atom stereocenters. The molecule has 0 amide bonds. The van der Waals surface area contributed by atoms with Crippen molar-refractivity contribution in [1.29, 1.82) is 0 Å². The third kappa shape index (κ3) is 3.53. The third-order valence-corrected chi connectivity index (χ3v) is 3.24. The second-order valence-corrected chi connectivity index (χ2v) is 4.73. The number of nitrogens with zero attached hydrogens (tertiary/aromatic N) is 2. The van der Waals surface area contributed by atoms with Gasteiger partial charge in [-0.05, 0) is 37.8 Å². The maximum Gasteiger partial charge on any atom is 0.247 e. The van der Waals surface area contributed by atoms with Crippen LogP contribution in [0.1, 0.15) is 38.1 Å². The fraction of sp³-hybridized carbons (Fsp3) is 0.375. The molecule has 100 valence electrons. The van der Waals surface area contributed by atoms with E-state index in [-0.39, 0.29) is 0 Å². The summed E-state index contributed by atoms with van der Waals surface area (Å²) in [5.74, 6) is 1.22. The number of hydrogen-bond acceptors (Lipinski definition) is 3. The van der Waals surface area contributed by atoms with Gasteiger partial charge in [0, 0.05) is 12.5 Å². The Morgan fingerprint density at radius 3 is 2.74 bits per heavy atom. The molecular formula is C16H20N2O. The number of allylic oxidation sites excluding steroid dienone is 2. The highest BCUT2D eigenvalue weighted by molar-refractivity contribution is 5.58. The quantitative estimate of drug-likeness (QED) is 0.747. The standard InChI is InChI=1S/C16H20N2O/c1-4-12(2)8-7-10-14-9-5-6-11-15(14)16-18-17-13(3)19-16/h5-6,8-9,11H,4,7,10H2,1-3H3/b12-8+. The summed E-state index contributed by atoms with van der Waals surface area (Å²) in [7, 11) is 0. The first-order valence-corrected chi connectivity index (χ1v) is 6.74. The van der Waals surface area contributed by atoms with Gasteiger partial charge in [0.15, 0.2) is 0 Å². The molecule has 0 saturated heterocycles. The van der Waals surface area contributed by atoms with Crippen LogP contribution in [-0.4, -0.2) is 10.2 Å². The summed E-state index contributed by atoms with van der Waals surface area (Å²) in [5.41, 5.74) is 3.74. The van der Waals surface area contributed by atoms with Crippen LogP contribution in [0.4, 0.5) is 0 Å². The zero-order valence-electron chi connectivity index (χ0n) is 11.8. The van der Waals surface area contributed by atoms with E-state index >= 15 is 0 Å². The first kappa shape index (κ1) is 13.5. The molecule has 0 radical (unpaired) electrons. The topological polar surface area (TPSA) is 38.9 Å². The van der Waals surface area contributed by atoms with Crippen molar-refractivity contribution in [1.82, 2.24) is 10.2 Å². The lowest BCUT2D eigenvalue weighted by molar-refractivity contribution is 0.532. The van der Waals surface area contributed by atoms with Gasteiger partial charge in [-0.1, -0.05) is 36.8 Å². The van der Waals surface area contributed by atoms with Crippen LogP contribution in [0.3, 0.4) is 0 Å². The van der Waals surface area contributed by atoms with Crippen molar-refractivity contribution in [3.63, 3.8) is 0 Å². The van der Waals surface area contributed by atoms with Gasteiger partial charge in [-0.25, -0.2) is 0 Å². The van der Waals surface area contributed by atoms with Crippen LogP contribution in [0.25, 0.3) is 11.5 Å². The summed E-state index contributed by atoms with van der Waals surface area (Å²) in [6.07, 6.45) is 5.46. The number of rotatable bonds is 5. The molecule has 3 heteroatoms. The molecule has 0 aliphatic carbocycles. The Labute approximate surface area is 114 Å².